The number of hydrogen-bond acceptors (Lipinski definition) is 2. The van der Waals surface area contributed by atoms with Gasteiger partial charge in [0.05, 0.1) is 6.10 Å². The third-order valence-corrected chi connectivity index (χ3v) is 3.51. The first kappa shape index (κ1) is 10.4. The molecule has 1 aliphatic heterocycles. The van der Waals surface area contributed by atoms with Crippen molar-refractivity contribution in [3.63, 3.8) is 0 Å². The van der Waals surface area contributed by atoms with E-state index >= 15 is 0 Å². The first-order chi connectivity index (χ1) is 6.66. The van der Waals surface area contributed by atoms with Crippen molar-refractivity contribution in [2.24, 2.45) is 5.41 Å². The van der Waals surface area contributed by atoms with Gasteiger partial charge in [-0.1, -0.05) is 13.8 Å². The maximum Gasteiger partial charge on any atom is 0.0699 e. The highest BCUT2D eigenvalue weighted by Crippen LogP contribution is 2.39. The molecule has 0 radical (unpaired) electrons. The number of rotatable bonds is 3. The van der Waals surface area contributed by atoms with Crippen LogP contribution < -0.4 is 5.32 Å². The van der Waals surface area contributed by atoms with Gasteiger partial charge in [-0.05, 0) is 37.5 Å². The first-order valence-electron chi connectivity index (χ1n) is 6.01. The fourth-order valence-electron chi connectivity index (χ4n) is 2.69. The minimum absolute atomic E-state index is 0.493. The summed E-state index contributed by atoms with van der Waals surface area (Å²) < 4.78 is 5.69. The van der Waals surface area contributed by atoms with Gasteiger partial charge in [0.2, 0.25) is 0 Å². The van der Waals surface area contributed by atoms with Crippen LogP contribution in [0.1, 0.15) is 46.0 Å². The highest BCUT2D eigenvalue weighted by molar-refractivity contribution is 4.91. The maximum absolute atomic E-state index is 5.69. The van der Waals surface area contributed by atoms with Crippen LogP contribution in [0.3, 0.4) is 0 Å². The topological polar surface area (TPSA) is 21.3 Å². The molecule has 0 spiro atoms. The molecule has 1 atom stereocenters. The summed E-state index contributed by atoms with van der Waals surface area (Å²) >= 11 is 0. The molecule has 82 valence electrons. The normalized spacial score (nSPS) is 32.6. The lowest BCUT2D eigenvalue weighted by atomic mass is 9.68. The molecule has 1 heterocycles. The molecule has 2 fully saturated rings. The zero-order valence-electron chi connectivity index (χ0n) is 9.51. The van der Waals surface area contributed by atoms with Gasteiger partial charge in [0.25, 0.3) is 0 Å². The van der Waals surface area contributed by atoms with Gasteiger partial charge in [-0.25, -0.2) is 0 Å². The second-order valence-corrected chi connectivity index (χ2v) is 5.67. The van der Waals surface area contributed by atoms with Gasteiger partial charge in [-0.3, -0.25) is 0 Å². The third kappa shape index (κ3) is 2.71. The zero-order chi connectivity index (χ0) is 10.0. The lowest BCUT2D eigenvalue weighted by Crippen LogP contribution is -2.48. The SMILES string of the molecule is CC1(C)CC(NCC2CCCCO2)C1. The summed E-state index contributed by atoms with van der Waals surface area (Å²) in [6.07, 6.45) is 7.02. The summed E-state index contributed by atoms with van der Waals surface area (Å²) in [5.74, 6) is 0. The summed E-state index contributed by atoms with van der Waals surface area (Å²) in [5, 5.41) is 3.62. The van der Waals surface area contributed by atoms with Crippen LogP contribution in [0, 0.1) is 5.41 Å². The average molecular weight is 197 g/mol. The molecule has 2 nitrogen and oxygen atoms in total. The number of ether oxygens (including phenoxy) is 1. The third-order valence-electron chi connectivity index (χ3n) is 3.51. The van der Waals surface area contributed by atoms with Gasteiger partial charge in [0.15, 0.2) is 0 Å². The Morgan fingerprint density at radius 2 is 2.07 bits per heavy atom. The largest absolute Gasteiger partial charge is 0.377 e. The van der Waals surface area contributed by atoms with Crippen LogP contribution >= 0.6 is 0 Å². The van der Waals surface area contributed by atoms with Gasteiger partial charge in [-0.2, -0.15) is 0 Å². The molecule has 0 aromatic rings. The van der Waals surface area contributed by atoms with Crippen LogP contribution in [0.4, 0.5) is 0 Å². The Morgan fingerprint density at radius 3 is 2.64 bits per heavy atom. The highest BCUT2D eigenvalue weighted by Gasteiger charge is 2.35. The molecule has 2 aliphatic rings. The van der Waals surface area contributed by atoms with Crippen molar-refractivity contribution in [1.29, 1.82) is 0 Å². The molecule has 1 unspecified atom stereocenters. The molecule has 0 amide bonds. The molecule has 1 aliphatic carbocycles. The van der Waals surface area contributed by atoms with Crippen molar-refractivity contribution in [1.82, 2.24) is 5.32 Å². The Morgan fingerprint density at radius 1 is 1.29 bits per heavy atom. The van der Waals surface area contributed by atoms with E-state index in [0.717, 1.165) is 19.2 Å². The lowest BCUT2D eigenvalue weighted by Gasteiger charge is -2.43. The molecule has 1 N–H and O–H groups in total. The van der Waals surface area contributed by atoms with E-state index in [0.29, 0.717) is 11.5 Å². The van der Waals surface area contributed by atoms with E-state index in [1.54, 1.807) is 0 Å². The molecule has 0 aromatic heterocycles. The van der Waals surface area contributed by atoms with E-state index in [1.807, 2.05) is 0 Å². The van der Waals surface area contributed by atoms with Crippen molar-refractivity contribution in [2.75, 3.05) is 13.2 Å². The van der Waals surface area contributed by atoms with Crippen molar-refractivity contribution in [3.8, 4) is 0 Å². The zero-order valence-corrected chi connectivity index (χ0v) is 9.51. The van der Waals surface area contributed by atoms with Crippen LogP contribution in [-0.2, 0) is 4.74 Å². The standard InChI is InChI=1S/C12H23NO/c1-12(2)7-10(8-12)13-9-11-5-3-4-6-14-11/h10-11,13H,3-9H2,1-2H3. The van der Waals surface area contributed by atoms with Crippen molar-refractivity contribution in [2.45, 2.75) is 58.1 Å². The molecule has 1 saturated carbocycles. The maximum atomic E-state index is 5.69. The summed E-state index contributed by atoms with van der Waals surface area (Å²) in [6, 6.07) is 0.760. The summed E-state index contributed by atoms with van der Waals surface area (Å²) in [7, 11) is 0. The fourth-order valence-corrected chi connectivity index (χ4v) is 2.69. The quantitative estimate of drug-likeness (QED) is 0.750. The van der Waals surface area contributed by atoms with Crippen LogP contribution in [-0.4, -0.2) is 25.3 Å². The fraction of sp³-hybridized carbons (Fsp3) is 1.00. The molecule has 2 rings (SSSR count). The van der Waals surface area contributed by atoms with Crippen LogP contribution in [0.25, 0.3) is 0 Å². The number of nitrogens with one attached hydrogen (secondary N) is 1. The van der Waals surface area contributed by atoms with Crippen molar-refractivity contribution < 1.29 is 4.74 Å². The van der Waals surface area contributed by atoms with E-state index in [9.17, 15) is 0 Å². The van der Waals surface area contributed by atoms with Crippen LogP contribution in [0.2, 0.25) is 0 Å². The first-order valence-corrected chi connectivity index (χ1v) is 6.01. The van der Waals surface area contributed by atoms with Gasteiger partial charge in [-0.15, -0.1) is 0 Å². The highest BCUT2D eigenvalue weighted by atomic mass is 16.5. The van der Waals surface area contributed by atoms with Gasteiger partial charge < -0.3 is 10.1 Å². The van der Waals surface area contributed by atoms with E-state index < -0.39 is 0 Å². The van der Waals surface area contributed by atoms with Crippen LogP contribution in [0.5, 0.6) is 0 Å². The molecule has 1 saturated heterocycles. The lowest BCUT2D eigenvalue weighted by molar-refractivity contribution is 0.00859. The van der Waals surface area contributed by atoms with E-state index in [1.165, 1.54) is 32.1 Å². The molecule has 0 bridgehead atoms. The second-order valence-electron chi connectivity index (χ2n) is 5.67. The summed E-state index contributed by atoms with van der Waals surface area (Å²) in [5.41, 5.74) is 0.588. The Balaban J connectivity index is 1.59. The Bertz CT molecular complexity index is 177. The van der Waals surface area contributed by atoms with E-state index in [4.69, 9.17) is 4.74 Å². The van der Waals surface area contributed by atoms with E-state index in [-0.39, 0.29) is 0 Å². The van der Waals surface area contributed by atoms with E-state index in [2.05, 4.69) is 19.2 Å². The monoisotopic (exact) mass is 197 g/mol. The van der Waals surface area contributed by atoms with Gasteiger partial charge in [0, 0.05) is 19.2 Å². The van der Waals surface area contributed by atoms with Gasteiger partial charge in [0.1, 0.15) is 0 Å². The molecule has 0 aromatic carbocycles. The Kier molecular flexibility index (Phi) is 3.13. The molecule has 14 heavy (non-hydrogen) atoms. The minimum atomic E-state index is 0.493. The predicted octanol–water partition coefficient (Wildman–Crippen LogP) is 2.33. The smallest absolute Gasteiger partial charge is 0.0699 e. The number of hydrogen-bond donors (Lipinski definition) is 1. The Hall–Kier alpha value is -0.0800. The summed E-state index contributed by atoms with van der Waals surface area (Å²) in [6.45, 7) is 6.74. The Labute approximate surface area is 87.4 Å². The average Bonchev–Trinajstić information content (AvgIpc) is 2.13. The van der Waals surface area contributed by atoms with Crippen LogP contribution in [0.15, 0.2) is 0 Å². The molecular formula is C12H23NO. The minimum Gasteiger partial charge on any atom is -0.377 e. The van der Waals surface area contributed by atoms with Crippen molar-refractivity contribution >= 4 is 0 Å². The van der Waals surface area contributed by atoms with Crippen molar-refractivity contribution in [3.05, 3.63) is 0 Å². The van der Waals surface area contributed by atoms with Gasteiger partial charge >= 0.3 is 0 Å². The molecular weight excluding hydrogens is 174 g/mol. The predicted molar refractivity (Wildman–Crippen MR) is 58.4 cm³/mol. The summed E-state index contributed by atoms with van der Waals surface area (Å²) in [4.78, 5) is 0. The molecule has 2 heteroatoms. The second kappa shape index (κ2) is 4.19.